The lowest BCUT2D eigenvalue weighted by molar-refractivity contribution is 0.289. The van der Waals surface area contributed by atoms with Gasteiger partial charge in [0.15, 0.2) is 5.83 Å². The van der Waals surface area contributed by atoms with Gasteiger partial charge in [-0.05, 0) is 94.0 Å². The van der Waals surface area contributed by atoms with Crippen LogP contribution in [0, 0.1) is 35.0 Å². The largest absolute Gasteiger partial charge is 0.196 e. The molecule has 128 valence electrons. The standard InChI is InChI=1S/C21H32FN/c1-2-17-6-8-19(9-7-17)14-15-20-12-10-18(11-13-20)4-3-5-21(22)16-23/h5,14-15,17-20H,2-4,6-13H2,1H3/b15-14+,21-5?. The first-order valence-corrected chi connectivity index (χ1v) is 9.65. The maximum Gasteiger partial charge on any atom is 0.196 e. The number of hydrogen-bond acceptors (Lipinski definition) is 1. The molecule has 2 aliphatic rings. The lowest BCUT2D eigenvalue weighted by Crippen LogP contribution is -2.14. The van der Waals surface area contributed by atoms with Gasteiger partial charge in [0.05, 0.1) is 0 Å². The molecule has 23 heavy (non-hydrogen) atoms. The van der Waals surface area contributed by atoms with E-state index >= 15 is 0 Å². The van der Waals surface area contributed by atoms with Gasteiger partial charge in [-0.1, -0.05) is 25.5 Å². The van der Waals surface area contributed by atoms with Crippen molar-refractivity contribution in [3.63, 3.8) is 0 Å². The lowest BCUT2D eigenvalue weighted by atomic mass is 9.78. The van der Waals surface area contributed by atoms with Crippen LogP contribution in [-0.2, 0) is 0 Å². The van der Waals surface area contributed by atoms with E-state index in [0.29, 0.717) is 6.42 Å². The molecule has 0 aromatic rings. The minimum atomic E-state index is -0.626. The number of nitrogens with zero attached hydrogens (tertiary/aromatic N) is 1. The molecule has 0 saturated heterocycles. The fraction of sp³-hybridized carbons (Fsp3) is 0.762. The smallest absolute Gasteiger partial charge is 0.195 e. The van der Waals surface area contributed by atoms with Crippen LogP contribution in [0.3, 0.4) is 0 Å². The van der Waals surface area contributed by atoms with Crippen LogP contribution in [-0.4, -0.2) is 0 Å². The molecule has 0 N–H and O–H groups in total. The number of allylic oxidation sites excluding steroid dienone is 4. The van der Waals surface area contributed by atoms with Crippen LogP contribution in [0.5, 0.6) is 0 Å². The Labute approximate surface area is 141 Å². The van der Waals surface area contributed by atoms with Crippen molar-refractivity contribution in [1.82, 2.24) is 0 Å². The van der Waals surface area contributed by atoms with Crippen molar-refractivity contribution in [2.45, 2.75) is 77.6 Å². The molecule has 0 aliphatic heterocycles. The lowest BCUT2D eigenvalue weighted by Gasteiger charge is -2.28. The molecule has 2 rings (SSSR count). The summed E-state index contributed by atoms with van der Waals surface area (Å²) in [7, 11) is 0. The van der Waals surface area contributed by atoms with Crippen molar-refractivity contribution in [2.24, 2.45) is 23.7 Å². The average molecular weight is 317 g/mol. The van der Waals surface area contributed by atoms with Crippen molar-refractivity contribution in [3.8, 4) is 6.07 Å². The van der Waals surface area contributed by atoms with Crippen molar-refractivity contribution in [2.75, 3.05) is 0 Å². The molecule has 0 heterocycles. The maximum absolute atomic E-state index is 12.8. The normalized spacial score (nSPS) is 32.8. The van der Waals surface area contributed by atoms with Gasteiger partial charge < -0.3 is 0 Å². The predicted octanol–water partition coefficient (Wildman–Crippen LogP) is 6.72. The molecule has 2 heteroatoms. The molecule has 0 atom stereocenters. The number of rotatable bonds is 6. The summed E-state index contributed by atoms with van der Waals surface area (Å²) < 4.78 is 12.8. The molecule has 2 saturated carbocycles. The molecule has 0 aromatic heterocycles. The van der Waals surface area contributed by atoms with E-state index in [2.05, 4.69) is 19.1 Å². The zero-order valence-corrected chi connectivity index (χ0v) is 14.6. The summed E-state index contributed by atoms with van der Waals surface area (Å²) in [6, 6.07) is 1.55. The highest BCUT2D eigenvalue weighted by Crippen LogP contribution is 2.35. The molecule has 0 radical (unpaired) electrons. The van der Waals surface area contributed by atoms with Crippen LogP contribution >= 0.6 is 0 Å². The highest BCUT2D eigenvalue weighted by molar-refractivity contribution is 5.11. The summed E-state index contributed by atoms with van der Waals surface area (Å²) in [5, 5.41) is 8.40. The summed E-state index contributed by atoms with van der Waals surface area (Å²) in [6.07, 6.45) is 20.3. The van der Waals surface area contributed by atoms with Crippen molar-refractivity contribution < 1.29 is 4.39 Å². The molecular weight excluding hydrogens is 285 g/mol. The zero-order chi connectivity index (χ0) is 16.5. The van der Waals surface area contributed by atoms with Gasteiger partial charge in [0.1, 0.15) is 6.07 Å². The number of halogens is 1. The molecule has 0 aromatic carbocycles. The molecule has 2 aliphatic carbocycles. The Morgan fingerprint density at radius 2 is 1.48 bits per heavy atom. The first-order valence-electron chi connectivity index (χ1n) is 9.65. The van der Waals surface area contributed by atoms with Gasteiger partial charge in [0.2, 0.25) is 0 Å². The maximum atomic E-state index is 12.8. The fourth-order valence-electron chi connectivity index (χ4n) is 4.26. The molecule has 1 nitrogen and oxygen atoms in total. The summed E-state index contributed by atoms with van der Waals surface area (Å²) in [4.78, 5) is 0. The number of nitriles is 1. The summed E-state index contributed by atoms with van der Waals surface area (Å²) in [5.74, 6) is 2.67. The van der Waals surface area contributed by atoms with Gasteiger partial charge >= 0.3 is 0 Å². The molecule has 0 unspecified atom stereocenters. The second-order valence-electron chi connectivity index (χ2n) is 7.60. The van der Waals surface area contributed by atoms with E-state index < -0.39 is 5.83 Å². The monoisotopic (exact) mass is 317 g/mol. The van der Waals surface area contributed by atoms with Crippen LogP contribution in [0.15, 0.2) is 24.1 Å². The average Bonchev–Trinajstić information content (AvgIpc) is 2.61. The second kappa shape index (κ2) is 9.91. The van der Waals surface area contributed by atoms with Gasteiger partial charge in [0.25, 0.3) is 0 Å². The Morgan fingerprint density at radius 1 is 0.957 bits per heavy atom. The van der Waals surface area contributed by atoms with Crippen LogP contribution in [0.25, 0.3) is 0 Å². The predicted molar refractivity (Wildman–Crippen MR) is 94.4 cm³/mol. The zero-order valence-electron chi connectivity index (χ0n) is 14.6. The Morgan fingerprint density at radius 3 is 1.96 bits per heavy atom. The van der Waals surface area contributed by atoms with Crippen LogP contribution < -0.4 is 0 Å². The third kappa shape index (κ3) is 6.50. The Bertz CT molecular complexity index is 429. The van der Waals surface area contributed by atoms with Gasteiger partial charge in [-0.3, -0.25) is 0 Å². The summed E-state index contributed by atoms with van der Waals surface area (Å²) >= 11 is 0. The van der Waals surface area contributed by atoms with E-state index in [4.69, 9.17) is 5.26 Å². The van der Waals surface area contributed by atoms with Gasteiger partial charge in [0, 0.05) is 0 Å². The van der Waals surface area contributed by atoms with E-state index in [0.717, 1.165) is 30.1 Å². The van der Waals surface area contributed by atoms with Crippen molar-refractivity contribution >= 4 is 0 Å². The highest BCUT2D eigenvalue weighted by atomic mass is 19.1. The van der Waals surface area contributed by atoms with E-state index in [9.17, 15) is 4.39 Å². The van der Waals surface area contributed by atoms with E-state index in [1.165, 1.54) is 63.9 Å². The van der Waals surface area contributed by atoms with Crippen molar-refractivity contribution in [1.29, 1.82) is 5.26 Å². The van der Waals surface area contributed by atoms with Crippen LogP contribution in [0.1, 0.15) is 77.6 Å². The Kier molecular flexibility index (Phi) is 7.86. The Balaban J connectivity index is 1.63. The number of hydrogen-bond donors (Lipinski definition) is 0. The highest BCUT2D eigenvalue weighted by Gasteiger charge is 2.21. The SMILES string of the molecule is CCC1CCC(/C=C/C2CCC(CCC=C(F)C#N)CC2)CC1. The topological polar surface area (TPSA) is 23.8 Å². The third-order valence-corrected chi connectivity index (χ3v) is 6.02. The molecular formula is C21H32FN. The molecule has 2 fully saturated rings. The minimum Gasteiger partial charge on any atom is -0.195 e. The van der Waals surface area contributed by atoms with Crippen LogP contribution in [0.2, 0.25) is 0 Å². The summed E-state index contributed by atoms with van der Waals surface area (Å²) in [5.41, 5.74) is 0. The van der Waals surface area contributed by atoms with Crippen LogP contribution in [0.4, 0.5) is 4.39 Å². The van der Waals surface area contributed by atoms with Gasteiger partial charge in [-0.25, -0.2) is 0 Å². The van der Waals surface area contributed by atoms with E-state index in [1.54, 1.807) is 6.07 Å². The molecule has 0 amide bonds. The third-order valence-electron chi connectivity index (χ3n) is 6.02. The molecule has 0 bridgehead atoms. The fourth-order valence-corrected chi connectivity index (χ4v) is 4.26. The minimum absolute atomic E-state index is 0.626. The quantitative estimate of drug-likeness (QED) is 0.394. The van der Waals surface area contributed by atoms with E-state index in [1.807, 2.05) is 0 Å². The first-order chi connectivity index (χ1) is 11.2. The van der Waals surface area contributed by atoms with E-state index in [-0.39, 0.29) is 0 Å². The molecule has 0 spiro atoms. The van der Waals surface area contributed by atoms with Crippen molar-refractivity contribution in [3.05, 3.63) is 24.1 Å². The first kappa shape index (κ1) is 18.2. The summed E-state index contributed by atoms with van der Waals surface area (Å²) in [6.45, 7) is 2.32. The van der Waals surface area contributed by atoms with Gasteiger partial charge in [-0.2, -0.15) is 9.65 Å². The van der Waals surface area contributed by atoms with Gasteiger partial charge in [-0.15, -0.1) is 0 Å². The second-order valence-corrected chi connectivity index (χ2v) is 7.60. The Hall–Kier alpha value is -1.10.